The van der Waals surface area contributed by atoms with Gasteiger partial charge in [-0.25, -0.2) is 8.42 Å². The molecule has 0 unspecified atom stereocenters. The minimum Gasteiger partial charge on any atom is -0.497 e. The van der Waals surface area contributed by atoms with E-state index in [4.69, 9.17) is 4.74 Å². The van der Waals surface area contributed by atoms with Crippen LogP contribution in [0, 0.1) is 6.92 Å². The smallest absolute Gasteiger partial charge is 0.251 e. The number of hydrogen-bond donors (Lipinski definition) is 1. The Balaban J connectivity index is 2.03. The molecule has 2 aromatic rings. The second-order valence-electron chi connectivity index (χ2n) is 6.09. The number of amides is 1. The largest absolute Gasteiger partial charge is 0.497 e. The minimum absolute atomic E-state index is 0.235. The van der Waals surface area contributed by atoms with E-state index in [1.54, 1.807) is 25.3 Å². The molecule has 1 amide bonds. The first-order valence-electron chi connectivity index (χ1n) is 8.18. The molecule has 26 heavy (non-hydrogen) atoms. The molecule has 2 rings (SSSR count). The van der Waals surface area contributed by atoms with Crippen LogP contribution < -0.4 is 14.4 Å². The molecule has 0 heterocycles. The van der Waals surface area contributed by atoms with Gasteiger partial charge in [-0.1, -0.05) is 18.2 Å². The topological polar surface area (TPSA) is 75.7 Å². The normalized spacial score (nSPS) is 11.1. The summed E-state index contributed by atoms with van der Waals surface area (Å²) in [4.78, 5) is 12.4. The van der Waals surface area contributed by atoms with Crippen molar-refractivity contribution >= 4 is 21.6 Å². The monoisotopic (exact) mass is 376 g/mol. The molecule has 0 saturated heterocycles. The second-order valence-corrected chi connectivity index (χ2v) is 8.10. The van der Waals surface area contributed by atoms with Crippen LogP contribution in [0.1, 0.15) is 21.5 Å². The van der Waals surface area contributed by atoms with Gasteiger partial charge in [0.15, 0.2) is 0 Å². The molecule has 0 aliphatic carbocycles. The van der Waals surface area contributed by atoms with Crippen LogP contribution in [0.5, 0.6) is 5.75 Å². The molecule has 0 fully saturated rings. The van der Waals surface area contributed by atoms with Gasteiger partial charge in [-0.15, -0.1) is 0 Å². The maximum atomic E-state index is 12.4. The van der Waals surface area contributed by atoms with E-state index in [9.17, 15) is 13.2 Å². The second kappa shape index (κ2) is 8.23. The van der Waals surface area contributed by atoms with Crippen LogP contribution in [0.4, 0.5) is 5.69 Å². The van der Waals surface area contributed by atoms with Crippen LogP contribution >= 0.6 is 0 Å². The summed E-state index contributed by atoms with van der Waals surface area (Å²) < 4.78 is 29.8. The lowest BCUT2D eigenvalue weighted by molar-refractivity contribution is 0.0954. The van der Waals surface area contributed by atoms with Crippen LogP contribution in [-0.4, -0.2) is 41.3 Å². The molecule has 0 atom stereocenters. The molecule has 6 nitrogen and oxygen atoms in total. The van der Waals surface area contributed by atoms with Gasteiger partial charge >= 0.3 is 0 Å². The van der Waals surface area contributed by atoms with E-state index in [-0.39, 0.29) is 5.91 Å². The Labute approximate surface area is 154 Å². The molecule has 0 radical (unpaired) electrons. The fourth-order valence-corrected chi connectivity index (χ4v) is 3.04. The zero-order valence-electron chi connectivity index (χ0n) is 15.4. The summed E-state index contributed by atoms with van der Waals surface area (Å²) >= 11 is 0. The van der Waals surface area contributed by atoms with E-state index in [0.29, 0.717) is 24.2 Å². The number of rotatable bonds is 7. The first-order chi connectivity index (χ1) is 12.2. The van der Waals surface area contributed by atoms with Crippen LogP contribution in [0.3, 0.4) is 0 Å². The Morgan fingerprint density at radius 3 is 2.38 bits per heavy atom. The van der Waals surface area contributed by atoms with Gasteiger partial charge in [0.2, 0.25) is 10.0 Å². The van der Waals surface area contributed by atoms with Gasteiger partial charge < -0.3 is 10.1 Å². The highest BCUT2D eigenvalue weighted by Crippen LogP contribution is 2.22. The Bertz CT molecular complexity index is 877. The highest BCUT2D eigenvalue weighted by atomic mass is 32.2. The fourth-order valence-electron chi connectivity index (χ4n) is 2.48. The molecule has 0 bridgehead atoms. The molecule has 0 aromatic heterocycles. The van der Waals surface area contributed by atoms with Gasteiger partial charge in [0.1, 0.15) is 5.75 Å². The number of methoxy groups -OCH3 is 1. The Kier molecular flexibility index (Phi) is 6.26. The number of sulfonamides is 1. The van der Waals surface area contributed by atoms with Crippen molar-refractivity contribution in [3.05, 3.63) is 59.2 Å². The molecule has 0 saturated carbocycles. The molecule has 0 aliphatic rings. The summed E-state index contributed by atoms with van der Waals surface area (Å²) in [5.41, 5.74) is 2.80. The molecule has 7 heteroatoms. The number of benzene rings is 2. The molecular formula is C19H24N2O4S. The third kappa shape index (κ3) is 4.98. The number of carbonyl (C=O) groups is 1. The molecule has 0 aliphatic heterocycles. The first-order valence-corrected chi connectivity index (χ1v) is 10.0. The summed E-state index contributed by atoms with van der Waals surface area (Å²) in [5, 5.41) is 2.86. The Morgan fingerprint density at radius 1 is 1.15 bits per heavy atom. The van der Waals surface area contributed by atoms with E-state index in [1.807, 2.05) is 31.2 Å². The third-order valence-corrected chi connectivity index (χ3v) is 5.36. The first kappa shape index (κ1) is 19.8. The lowest BCUT2D eigenvalue weighted by Gasteiger charge is -2.19. The van der Waals surface area contributed by atoms with Gasteiger partial charge in [-0.3, -0.25) is 9.10 Å². The summed E-state index contributed by atoms with van der Waals surface area (Å²) in [7, 11) is -0.296. The maximum Gasteiger partial charge on any atom is 0.251 e. The quantitative estimate of drug-likeness (QED) is 0.805. The van der Waals surface area contributed by atoms with E-state index >= 15 is 0 Å². The van der Waals surface area contributed by atoms with E-state index in [1.165, 1.54) is 11.4 Å². The SMILES string of the molecule is COc1ccc(CCNC(=O)c2ccc(C)c(N(C)S(C)(=O)=O)c2)cc1. The summed E-state index contributed by atoms with van der Waals surface area (Å²) in [6, 6.07) is 12.7. The Morgan fingerprint density at radius 2 is 1.81 bits per heavy atom. The molecule has 140 valence electrons. The number of nitrogens with one attached hydrogen (secondary N) is 1. The van der Waals surface area contributed by atoms with Crippen molar-refractivity contribution in [2.75, 3.05) is 31.3 Å². The number of carbonyl (C=O) groups excluding carboxylic acids is 1. The standard InChI is InChI=1S/C19H24N2O4S/c1-14-5-8-16(13-18(14)21(2)26(4,23)24)19(22)20-12-11-15-6-9-17(25-3)10-7-15/h5-10,13H,11-12H2,1-4H3,(H,20,22). The predicted octanol–water partition coefficient (Wildman–Crippen LogP) is 2.37. The van der Waals surface area contributed by atoms with Gasteiger partial charge in [0, 0.05) is 19.2 Å². The highest BCUT2D eigenvalue weighted by Gasteiger charge is 2.16. The molecule has 2 aromatic carbocycles. The molecular weight excluding hydrogens is 352 g/mol. The zero-order chi connectivity index (χ0) is 19.3. The maximum absolute atomic E-state index is 12.4. The highest BCUT2D eigenvalue weighted by molar-refractivity contribution is 7.92. The summed E-state index contributed by atoms with van der Waals surface area (Å²) in [6.07, 6.45) is 1.83. The van der Waals surface area contributed by atoms with E-state index < -0.39 is 10.0 Å². The van der Waals surface area contributed by atoms with Crippen molar-refractivity contribution < 1.29 is 17.9 Å². The summed E-state index contributed by atoms with van der Waals surface area (Å²) in [5.74, 6) is 0.557. The van der Waals surface area contributed by atoms with Crippen molar-refractivity contribution in [2.24, 2.45) is 0 Å². The van der Waals surface area contributed by atoms with Gasteiger partial charge in [0.05, 0.1) is 19.1 Å². The van der Waals surface area contributed by atoms with Gasteiger partial charge in [-0.05, 0) is 48.7 Å². The number of aryl methyl sites for hydroxylation is 1. The van der Waals surface area contributed by atoms with Gasteiger partial charge in [-0.2, -0.15) is 0 Å². The van der Waals surface area contributed by atoms with E-state index in [0.717, 1.165) is 23.1 Å². The fraction of sp³-hybridized carbons (Fsp3) is 0.316. The van der Waals surface area contributed by atoms with Crippen molar-refractivity contribution in [1.29, 1.82) is 0 Å². The van der Waals surface area contributed by atoms with E-state index in [2.05, 4.69) is 5.32 Å². The number of anilines is 1. The van der Waals surface area contributed by atoms with Crippen molar-refractivity contribution in [3.8, 4) is 5.75 Å². The zero-order valence-corrected chi connectivity index (χ0v) is 16.3. The van der Waals surface area contributed by atoms with Crippen LogP contribution in [0.15, 0.2) is 42.5 Å². The minimum atomic E-state index is -3.39. The van der Waals surface area contributed by atoms with Crippen LogP contribution in [-0.2, 0) is 16.4 Å². The average molecular weight is 376 g/mol. The molecule has 0 spiro atoms. The number of nitrogens with zero attached hydrogens (tertiary/aromatic N) is 1. The lowest BCUT2D eigenvalue weighted by atomic mass is 10.1. The van der Waals surface area contributed by atoms with Crippen molar-refractivity contribution in [3.63, 3.8) is 0 Å². The number of hydrogen-bond acceptors (Lipinski definition) is 4. The third-order valence-electron chi connectivity index (χ3n) is 4.17. The number of ether oxygens (including phenoxy) is 1. The Hall–Kier alpha value is -2.54. The van der Waals surface area contributed by atoms with Crippen molar-refractivity contribution in [2.45, 2.75) is 13.3 Å². The van der Waals surface area contributed by atoms with Gasteiger partial charge in [0.25, 0.3) is 5.91 Å². The average Bonchev–Trinajstić information content (AvgIpc) is 2.61. The van der Waals surface area contributed by atoms with Crippen molar-refractivity contribution in [1.82, 2.24) is 5.32 Å². The summed E-state index contributed by atoms with van der Waals surface area (Å²) in [6.45, 7) is 2.29. The lowest BCUT2D eigenvalue weighted by Crippen LogP contribution is -2.28. The predicted molar refractivity (Wildman–Crippen MR) is 103 cm³/mol. The molecule has 1 N–H and O–H groups in total. The van der Waals surface area contributed by atoms with Crippen LogP contribution in [0.25, 0.3) is 0 Å². The van der Waals surface area contributed by atoms with Crippen LogP contribution in [0.2, 0.25) is 0 Å².